The standard InChI is InChI=1S/C9H16N4O2/c1-3-4-7(2)6-15-13-8(5-10)9(11)12-14/h7,14H,3-4,6H2,1-2H3,(H2,11,12)/b13-8-. The molecule has 0 heterocycles. The zero-order valence-electron chi connectivity index (χ0n) is 8.97. The van der Waals surface area contributed by atoms with Crippen molar-refractivity contribution in [1.29, 1.82) is 5.26 Å². The molecule has 84 valence electrons. The summed E-state index contributed by atoms with van der Waals surface area (Å²) in [4.78, 5) is 4.92. The van der Waals surface area contributed by atoms with Crippen LogP contribution in [0.4, 0.5) is 0 Å². The lowest BCUT2D eigenvalue weighted by molar-refractivity contribution is 0.110. The van der Waals surface area contributed by atoms with Crippen molar-refractivity contribution in [3.05, 3.63) is 0 Å². The van der Waals surface area contributed by atoms with Crippen LogP contribution in [0.1, 0.15) is 26.7 Å². The van der Waals surface area contributed by atoms with Gasteiger partial charge in [0.05, 0.1) is 0 Å². The van der Waals surface area contributed by atoms with Crippen LogP contribution >= 0.6 is 0 Å². The molecule has 1 unspecified atom stereocenters. The second-order valence-corrected chi connectivity index (χ2v) is 3.23. The fourth-order valence-corrected chi connectivity index (χ4v) is 0.977. The molecule has 0 aromatic heterocycles. The van der Waals surface area contributed by atoms with E-state index in [1.807, 2.05) is 6.92 Å². The zero-order chi connectivity index (χ0) is 11.7. The highest BCUT2D eigenvalue weighted by atomic mass is 16.6. The number of amidine groups is 1. The van der Waals surface area contributed by atoms with Crippen LogP contribution in [0.3, 0.4) is 0 Å². The summed E-state index contributed by atoms with van der Waals surface area (Å²) in [6.07, 6.45) is 2.10. The minimum atomic E-state index is -0.347. The van der Waals surface area contributed by atoms with Gasteiger partial charge in [-0.2, -0.15) is 5.26 Å². The van der Waals surface area contributed by atoms with Crippen LogP contribution in [0.2, 0.25) is 0 Å². The Hall–Kier alpha value is -1.77. The van der Waals surface area contributed by atoms with Crippen molar-refractivity contribution >= 4 is 11.5 Å². The van der Waals surface area contributed by atoms with Gasteiger partial charge in [-0.25, -0.2) is 0 Å². The maximum atomic E-state index is 8.56. The first-order valence-corrected chi connectivity index (χ1v) is 4.73. The van der Waals surface area contributed by atoms with Crippen molar-refractivity contribution in [2.24, 2.45) is 22.0 Å². The molecule has 0 fully saturated rings. The molecule has 0 aliphatic heterocycles. The average molecular weight is 212 g/mol. The average Bonchev–Trinajstić information content (AvgIpc) is 2.24. The van der Waals surface area contributed by atoms with Crippen molar-refractivity contribution in [2.45, 2.75) is 26.7 Å². The summed E-state index contributed by atoms with van der Waals surface area (Å²) >= 11 is 0. The Balaban J connectivity index is 4.10. The van der Waals surface area contributed by atoms with Gasteiger partial charge in [0.2, 0.25) is 11.5 Å². The first kappa shape index (κ1) is 13.2. The Morgan fingerprint density at radius 1 is 1.67 bits per heavy atom. The van der Waals surface area contributed by atoms with Crippen molar-refractivity contribution in [3.63, 3.8) is 0 Å². The van der Waals surface area contributed by atoms with Gasteiger partial charge in [0.25, 0.3) is 0 Å². The third kappa shape index (κ3) is 5.52. The monoisotopic (exact) mass is 212 g/mol. The highest BCUT2D eigenvalue weighted by Crippen LogP contribution is 2.04. The second-order valence-electron chi connectivity index (χ2n) is 3.23. The van der Waals surface area contributed by atoms with Gasteiger partial charge >= 0.3 is 0 Å². The quantitative estimate of drug-likeness (QED) is 0.297. The van der Waals surface area contributed by atoms with E-state index in [2.05, 4.69) is 17.2 Å². The SMILES string of the molecule is CCCC(C)CO/N=C(C#N)\C(N)=N/O. The van der Waals surface area contributed by atoms with Gasteiger partial charge in [-0.15, -0.1) is 0 Å². The predicted octanol–water partition coefficient (Wildman–Crippen LogP) is 1.07. The van der Waals surface area contributed by atoms with E-state index in [1.54, 1.807) is 6.07 Å². The van der Waals surface area contributed by atoms with E-state index in [0.29, 0.717) is 12.5 Å². The maximum absolute atomic E-state index is 8.56. The smallest absolute Gasteiger partial charge is 0.224 e. The van der Waals surface area contributed by atoms with Crippen LogP contribution < -0.4 is 5.73 Å². The number of nitrogens with zero attached hydrogens (tertiary/aromatic N) is 3. The number of hydrogen-bond donors (Lipinski definition) is 2. The molecule has 6 heteroatoms. The first-order chi connectivity index (χ1) is 7.15. The normalized spacial score (nSPS) is 14.5. The number of rotatable bonds is 6. The van der Waals surface area contributed by atoms with E-state index >= 15 is 0 Å². The van der Waals surface area contributed by atoms with Gasteiger partial charge in [0.1, 0.15) is 12.7 Å². The van der Waals surface area contributed by atoms with Crippen LogP contribution in [0.5, 0.6) is 0 Å². The Kier molecular flexibility index (Phi) is 6.72. The highest BCUT2D eigenvalue weighted by molar-refractivity contribution is 6.46. The highest BCUT2D eigenvalue weighted by Gasteiger charge is 2.06. The largest absolute Gasteiger partial charge is 0.409 e. The topological polar surface area (TPSA) is 104 Å². The molecule has 3 N–H and O–H groups in total. The molecule has 0 aromatic carbocycles. The molecule has 0 radical (unpaired) electrons. The summed E-state index contributed by atoms with van der Waals surface area (Å²) in [5.41, 5.74) is 4.95. The molecule has 6 nitrogen and oxygen atoms in total. The molecular weight excluding hydrogens is 196 g/mol. The van der Waals surface area contributed by atoms with Crippen LogP contribution in [0.25, 0.3) is 0 Å². The van der Waals surface area contributed by atoms with E-state index < -0.39 is 0 Å². The van der Waals surface area contributed by atoms with Gasteiger partial charge in [0.15, 0.2) is 0 Å². The molecule has 1 atom stereocenters. The van der Waals surface area contributed by atoms with Crippen molar-refractivity contribution in [2.75, 3.05) is 6.61 Å². The van der Waals surface area contributed by atoms with Crippen LogP contribution in [0, 0.1) is 17.2 Å². The van der Waals surface area contributed by atoms with E-state index in [9.17, 15) is 0 Å². The molecule has 0 spiro atoms. The first-order valence-electron chi connectivity index (χ1n) is 4.73. The molecular formula is C9H16N4O2. The summed E-state index contributed by atoms with van der Waals surface area (Å²) in [6.45, 7) is 4.52. The van der Waals surface area contributed by atoms with Gasteiger partial charge in [0, 0.05) is 0 Å². The minimum Gasteiger partial charge on any atom is -0.409 e. The number of oxime groups is 2. The molecule has 0 aliphatic carbocycles. The number of hydrogen-bond acceptors (Lipinski definition) is 5. The van der Waals surface area contributed by atoms with Crippen LogP contribution in [-0.4, -0.2) is 23.4 Å². The van der Waals surface area contributed by atoms with E-state index in [-0.39, 0.29) is 11.5 Å². The van der Waals surface area contributed by atoms with Crippen molar-refractivity contribution in [1.82, 2.24) is 0 Å². The van der Waals surface area contributed by atoms with Gasteiger partial charge in [-0.3, -0.25) is 0 Å². The van der Waals surface area contributed by atoms with E-state index in [4.69, 9.17) is 21.0 Å². The van der Waals surface area contributed by atoms with E-state index in [0.717, 1.165) is 12.8 Å². The number of nitriles is 1. The Morgan fingerprint density at radius 2 is 2.33 bits per heavy atom. The molecule has 0 aromatic rings. The third-order valence-electron chi connectivity index (χ3n) is 1.75. The van der Waals surface area contributed by atoms with Gasteiger partial charge in [-0.1, -0.05) is 30.6 Å². The van der Waals surface area contributed by atoms with Crippen molar-refractivity contribution < 1.29 is 10.0 Å². The lowest BCUT2D eigenvalue weighted by Crippen LogP contribution is -2.23. The maximum Gasteiger partial charge on any atom is 0.224 e. The third-order valence-corrected chi connectivity index (χ3v) is 1.75. The van der Waals surface area contributed by atoms with Crippen LogP contribution in [0.15, 0.2) is 10.3 Å². The molecule has 0 rings (SSSR count). The van der Waals surface area contributed by atoms with Gasteiger partial charge in [-0.05, 0) is 12.3 Å². The second kappa shape index (κ2) is 7.62. The lowest BCUT2D eigenvalue weighted by atomic mass is 10.1. The molecule has 0 saturated carbocycles. The molecule has 0 saturated heterocycles. The summed E-state index contributed by atoms with van der Waals surface area (Å²) in [5.74, 6) is 0.0200. The summed E-state index contributed by atoms with van der Waals surface area (Å²) < 4.78 is 0. The fraction of sp³-hybridized carbons (Fsp3) is 0.667. The Bertz CT molecular complexity index is 280. The predicted molar refractivity (Wildman–Crippen MR) is 56.5 cm³/mol. The number of nitrogens with two attached hydrogens (primary N) is 1. The zero-order valence-corrected chi connectivity index (χ0v) is 8.97. The lowest BCUT2D eigenvalue weighted by Gasteiger charge is -2.07. The van der Waals surface area contributed by atoms with Crippen LogP contribution in [-0.2, 0) is 4.84 Å². The minimum absolute atomic E-state index is 0.221. The summed E-state index contributed by atoms with van der Waals surface area (Å²) in [5, 5.41) is 23.0. The fourth-order valence-electron chi connectivity index (χ4n) is 0.977. The molecule has 0 bridgehead atoms. The summed E-state index contributed by atoms with van der Waals surface area (Å²) in [7, 11) is 0. The molecule has 0 amide bonds. The summed E-state index contributed by atoms with van der Waals surface area (Å²) in [6, 6.07) is 1.67. The van der Waals surface area contributed by atoms with Gasteiger partial charge < -0.3 is 15.8 Å². The Morgan fingerprint density at radius 3 is 2.80 bits per heavy atom. The molecule has 0 aliphatic rings. The van der Waals surface area contributed by atoms with E-state index in [1.165, 1.54) is 0 Å². The van der Waals surface area contributed by atoms with Crippen molar-refractivity contribution in [3.8, 4) is 6.07 Å². The Labute approximate surface area is 89.0 Å². The molecule has 15 heavy (non-hydrogen) atoms.